The molecule has 1 aliphatic heterocycles. The lowest BCUT2D eigenvalue weighted by Gasteiger charge is -2.26. The third-order valence-corrected chi connectivity index (χ3v) is 4.03. The van der Waals surface area contributed by atoms with Gasteiger partial charge in [0.2, 0.25) is 0 Å². The van der Waals surface area contributed by atoms with E-state index in [0.29, 0.717) is 22.9 Å². The smallest absolute Gasteiger partial charge is 0.177 e. The van der Waals surface area contributed by atoms with Crippen LogP contribution in [-0.4, -0.2) is 42.8 Å². The summed E-state index contributed by atoms with van der Waals surface area (Å²) in [7, 11) is 0. The predicted molar refractivity (Wildman–Crippen MR) is 82.3 cm³/mol. The SMILES string of the molecule is O=C(CCl)c1ccc(OCCN2CCCCC2)c(Cl)c1. The van der Waals surface area contributed by atoms with Gasteiger partial charge in [-0.25, -0.2) is 0 Å². The van der Waals surface area contributed by atoms with Crippen LogP contribution in [0.1, 0.15) is 29.6 Å². The average molecular weight is 316 g/mol. The van der Waals surface area contributed by atoms with Crippen LogP contribution in [0, 0.1) is 0 Å². The van der Waals surface area contributed by atoms with Crippen molar-refractivity contribution in [3.8, 4) is 5.75 Å². The Morgan fingerprint density at radius 1 is 1.25 bits per heavy atom. The minimum atomic E-state index is -0.131. The zero-order valence-electron chi connectivity index (χ0n) is 11.4. The number of rotatable bonds is 6. The van der Waals surface area contributed by atoms with Crippen molar-refractivity contribution in [1.29, 1.82) is 0 Å². The maximum absolute atomic E-state index is 11.5. The summed E-state index contributed by atoms with van der Waals surface area (Å²) in [5, 5.41) is 0.458. The van der Waals surface area contributed by atoms with E-state index in [1.165, 1.54) is 19.3 Å². The van der Waals surface area contributed by atoms with Crippen molar-refractivity contribution < 1.29 is 9.53 Å². The Hall–Kier alpha value is -0.770. The summed E-state index contributed by atoms with van der Waals surface area (Å²) >= 11 is 11.6. The first-order valence-corrected chi connectivity index (χ1v) is 7.86. The van der Waals surface area contributed by atoms with Gasteiger partial charge < -0.3 is 4.74 Å². The molecule has 0 aromatic heterocycles. The monoisotopic (exact) mass is 315 g/mol. The van der Waals surface area contributed by atoms with Gasteiger partial charge in [0, 0.05) is 12.1 Å². The van der Waals surface area contributed by atoms with Gasteiger partial charge in [0.1, 0.15) is 12.4 Å². The molecule has 1 fully saturated rings. The Kier molecular flexibility index (Phi) is 6.14. The summed E-state index contributed by atoms with van der Waals surface area (Å²) in [5.74, 6) is 0.453. The molecule has 1 saturated heterocycles. The molecule has 20 heavy (non-hydrogen) atoms. The van der Waals surface area contributed by atoms with Crippen LogP contribution in [0.2, 0.25) is 5.02 Å². The van der Waals surface area contributed by atoms with Gasteiger partial charge >= 0.3 is 0 Å². The van der Waals surface area contributed by atoms with Crippen LogP contribution in [0.4, 0.5) is 0 Å². The zero-order valence-corrected chi connectivity index (χ0v) is 12.9. The highest BCUT2D eigenvalue weighted by molar-refractivity contribution is 6.33. The molecule has 5 heteroatoms. The molecule has 0 amide bonds. The molecule has 0 atom stereocenters. The van der Waals surface area contributed by atoms with Crippen molar-refractivity contribution in [2.75, 3.05) is 32.1 Å². The molecule has 2 rings (SSSR count). The van der Waals surface area contributed by atoms with Crippen LogP contribution in [0.5, 0.6) is 5.75 Å². The molecule has 110 valence electrons. The van der Waals surface area contributed by atoms with Gasteiger partial charge in [-0.2, -0.15) is 0 Å². The molecule has 0 aliphatic carbocycles. The molecule has 3 nitrogen and oxygen atoms in total. The van der Waals surface area contributed by atoms with Crippen LogP contribution in [0.3, 0.4) is 0 Å². The maximum Gasteiger partial charge on any atom is 0.177 e. The van der Waals surface area contributed by atoms with Crippen LogP contribution < -0.4 is 4.74 Å². The number of alkyl halides is 1. The van der Waals surface area contributed by atoms with Gasteiger partial charge in [-0.15, -0.1) is 11.6 Å². The molecule has 1 aromatic carbocycles. The topological polar surface area (TPSA) is 29.5 Å². The number of hydrogen-bond donors (Lipinski definition) is 0. The summed E-state index contributed by atoms with van der Waals surface area (Å²) in [6.07, 6.45) is 3.88. The van der Waals surface area contributed by atoms with E-state index in [0.717, 1.165) is 19.6 Å². The highest BCUT2D eigenvalue weighted by atomic mass is 35.5. The minimum absolute atomic E-state index is 0.0362. The number of Topliss-reactive ketones (excluding diaryl/α,β-unsaturated/α-hetero) is 1. The van der Waals surface area contributed by atoms with Crippen molar-refractivity contribution in [3.63, 3.8) is 0 Å². The number of carbonyl (C=O) groups excluding carboxylic acids is 1. The molecule has 0 spiro atoms. The lowest BCUT2D eigenvalue weighted by atomic mass is 10.1. The average Bonchev–Trinajstić information content (AvgIpc) is 2.49. The molecule has 0 bridgehead atoms. The van der Waals surface area contributed by atoms with Gasteiger partial charge in [-0.05, 0) is 44.1 Å². The Balaban J connectivity index is 1.84. The van der Waals surface area contributed by atoms with E-state index in [1.54, 1.807) is 18.2 Å². The van der Waals surface area contributed by atoms with Crippen molar-refractivity contribution in [1.82, 2.24) is 4.90 Å². The number of hydrogen-bond acceptors (Lipinski definition) is 3. The molecule has 0 radical (unpaired) electrons. The third-order valence-electron chi connectivity index (χ3n) is 3.49. The quantitative estimate of drug-likeness (QED) is 0.593. The number of likely N-dealkylation sites (tertiary alicyclic amines) is 1. The first-order chi connectivity index (χ1) is 9.70. The minimum Gasteiger partial charge on any atom is -0.491 e. The van der Waals surface area contributed by atoms with Crippen molar-refractivity contribution in [3.05, 3.63) is 28.8 Å². The van der Waals surface area contributed by atoms with E-state index in [-0.39, 0.29) is 11.7 Å². The Labute approximate surface area is 129 Å². The normalized spacial score (nSPS) is 16.1. The van der Waals surface area contributed by atoms with Gasteiger partial charge in [0.25, 0.3) is 0 Å². The van der Waals surface area contributed by atoms with E-state index >= 15 is 0 Å². The maximum atomic E-state index is 11.5. The summed E-state index contributed by atoms with van der Waals surface area (Å²) in [6, 6.07) is 5.05. The van der Waals surface area contributed by atoms with Gasteiger partial charge in [-0.3, -0.25) is 9.69 Å². The third kappa shape index (κ3) is 4.37. The second-order valence-electron chi connectivity index (χ2n) is 4.95. The van der Waals surface area contributed by atoms with E-state index in [4.69, 9.17) is 27.9 Å². The fraction of sp³-hybridized carbons (Fsp3) is 0.533. The predicted octanol–water partition coefficient (Wildman–Crippen LogP) is 3.63. The molecule has 1 heterocycles. The Morgan fingerprint density at radius 3 is 2.65 bits per heavy atom. The van der Waals surface area contributed by atoms with Crippen molar-refractivity contribution >= 4 is 29.0 Å². The molecule has 0 unspecified atom stereocenters. The first-order valence-electron chi connectivity index (χ1n) is 6.94. The van der Waals surface area contributed by atoms with Crippen LogP contribution in [0.25, 0.3) is 0 Å². The largest absolute Gasteiger partial charge is 0.491 e. The number of benzene rings is 1. The number of halogens is 2. The first kappa shape index (κ1) is 15.6. The van der Waals surface area contributed by atoms with Gasteiger partial charge in [0.05, 0.1) is 10.9 Å². The summed E-state index contributed by atoms with van der Waals surface area (Å²) < 4.78 is 5.69. The molecule has 0 saturated carbocycles. The van der Waals surface area contributed by atoms with Crippen molar-refractivity contribution in [2.24, 2.45) is 0 Å². The van der Waals surface area contributed by atoms with Gasteiger partial charge in [-0.1, -0.05) is 18.0 Å². The van der Waals surface area contributed by atoms with Crippen molar-refractivity contribution in [2.45, 2.75) is 19.3 Å². The summed E-state index contributed by atoms with van der Waals surface area (Å²) in [4.78, 5) is 13.9. The molecule has 0 N–H and O–H groups in total. The van der Waals surface area contributed by atoms with Crippen LogP contribution in [-0.2, 0) is 0 Å². The zero-order chi connectivity index (χ0) is 14.4. The summed E-state index contributed by atoms with van der Waals surface area (Å²) in [6.45, 7) is 3.84. The van der Waals surface area contributed by atoms with Crippen LogP contribution >= 0.6 is 23.2 Å². The molecule has 1 aliphatic rings. The standard InChI is InChI=1S/C15H19Cl2NO2/c16-11-14(19)12-4-5-15(13(17)10-12)20-9-8-18-6-2-1-3-7-18/h4-5,10H,1-3,6-9,11H2. The summed E-state index contributed by atoms with van der Waals surface area (Å²) in [5.41, 5.74) is 0.522. The van der Waals surface area contributed by atoms with Crippen LogP contribution in [0.15, 0.2) is 18.2 Å². The lowest BCUT2D eigenvalue weighted by molar-refractivity contribution is 0.102. The van der Waals surface area contributed by atoms with E-state index in [2.05, 4.69) is 4.90 Å². The fourth-order valence-corrected chi connectivity index (χ4v) is 2.73. The Morgan fingerprint density at radius 2 is 2.00 bits per heavy atom. The van der Waals surface area contributed by atoms with E-state index in [9.17, 15) is 4.79 Å². The highest BCUT2D eigenvalue weighted by Gasteiger charge is 2.11. The number of piperidine rings is 1. The number of nitrogens with zero attached hydrogens (tertiary/aromatic N) is 1. The molecular formula is C15H19Cl2NO2. The number of ether oxygens (including phenoxy) is 1. The van der Waals surface area contributed by atoms with Gasteiger partial charge in [0.15, 0.2) is 5.78 Å². The fourth-order valence-electron chi connectivity index (χ4n) is 2.34. The second kappa shape index (κ2) is 7.87. The Bertz CT molecular complexity index is 459. The second-order valence-corrected chi connectivity index (χ2v) is 5.63. The van der Waals surface area contributed by atoms with E-state index < -0.39 is 0 Å². The number of ketones is 1. The molecule has 1 aromatic rings. The highest BCUT2D eigenvalue weighted by Crippen LogP contribution is 2.25. The lowest BCUT2D eigenvalue weighted by Crippen LogP contribution is -2.33. The molecular weight excluding hydrogens is 297 g/mol. The van der Waals surface area contributed by atoms with E-state index in [1.807, 2.05) is 0 Å². The number of carbonyl (C=O) groups is 1.